The fraction of sp³-hybridized carbons (Fsp3) is 0.393. The standard InChI is InChI=1S/C28H34N4O6S2/c1-8-13-32-24(19(7)38-20-12-11-16(4)14-17(20)5)30-31-28(32)39-15-21(33)29-25-22(26(34)36-9-2)18(6)23(40-25)27(35)37-10-3/h8,11-12,14,19H,1,9-10,13,15H2,2-7H3,(H,29,33). The Kier molecular flexibility index (Phi) is 10.9. The number of esters is 2. The van der Waals surface area contributed by atoms with Gasteiger partial charge in [0.05, 0.1) is 24.5 Å². The van der Waals surface area contributed by atoms with E-state index >= 15 is 0 Å². The summed E-state index contributed by atoms with van der Waals surface area (Å²) in [4.78, 5) is 38.2. The summed E-state index contributed by atoms with van der Waals surface area (Å²) in [5.74, 6) is -0.238. The molecule has 0 bridgehead atoms. The van der Waals surface area contributed by atoms with Crippen LogP contribution in [0.2, 0.25) is 0 Å². The number of nitrogens with zero attached hydrogens (tertiary/aromatic N) is 3. The number of carbonyl (C=O) groups excluding carboxylic acids is 3. The first-order valence-electron chi connectivity index (χ1n) is 12.8. The van der Waals surface area contributed by atoms with Crippen LogP contribution in [0.4, 0.5) is 5.00 Å². The molecule has 0 aliphatic heterocycles. The van der Waals surface area contributed by atoms with Gasteiger partial charge in [0.25, 0.3) is 0 Å². The van der Waals surface area contributed by atoms with Gasteiger partial charge in [0.2, 0.25) is 5.91 Å². The Hall–Kier alpha value is -3.64. The average molecular weight is 587 g/mol. The summed E-state index contributed by atoms with van der Waals surface area (Å²) in [7, 11) is 0. The molecule has 3 aromatic rings. The van der Waals surface area contributed by atoms with Crippen molar-refractivity contribution in [1.29, 1.82) is 0 Å². The molecule has 12 heteroatoms. The molecule has 1 unspecified atom stereocenters. The zero-order valence-corrected chi connectivity index (χ0v) is 25.2. The van der Waals surface area contributed by atoms with Crippen molar-refractivity contribution in [3.63, 3.8) is 0 Å². The minimum Gasteiger partial charge on any atom is -0.482 e. The largest absolute Gasteiger partial charge is 0.482 e. The van der Waals surface area contributed by atoms with Crippen LogP contribution >= 0.6 is 23.1 Å². The highest BCUT2D eigenvalue weighted by Crippen LogP contribution is 2.35. The van der Waals surface area contributed by atoms with Gasteiger partial charge in [0.15, 0.2) is 17.1 Å². The van der Waals surface area contributed by atoms with Gasteiger partial charge >= 0.3 is 11.9 Å². The maximum Gasteiger partial charge on any atom is 0.348 e. The summed E-state index contributed by atoms with van der Waals surface area (Å²) in [6.45, 7) is 15.5. The molecule has 0 aliphatic carbocycles. The predicted molar refractivity (Wildman–Crippen MR) is 156 cm³/mol. The molecule has 1 aromatic carbocycles. The zero-order chi connectivity index (χ0) is 29.4. The highest BCUT2D eigenvalue weighted by Gasteiger charge is 2.28. The Morgan fingerprint density at radius 3 is 2.48 bits per heavy atom. The van der Waals surface area contributed by atoms with Crippen LogP contribution < -0.4 is 10.1 Å². The maximum atomic E-state index is 13.0. The lowest BCUT2D eigenvalue weighted by Crippen LogP contribution is -2.17. The van der Waals surface area contributed by atoms with Crippen molar-refractivity contribution in [1.82, 2.24) is 14.8 Å². The molecule has 2 aromatic heterocycles. The van der Waals surface area contributed by atoms with Crippen LogP contribution in [0.15, 0.2) is 36.0 Å². The number of nitrogens with one attached hydrogen (secondary N) is 1. The molecule has 0 spiro atoms. The molecule has 40 heavy (non-hydrogen) atoms. The van der Waals surface area contributed by atoms with Crippen molar-refractivity contribution in [2.75, 3.05) is 24.3 Å². The molecule has 3 rings (SSSR count). The van der Waals surface area contributed by atoms with E-state index in [9.17, 15) is 14.4 Å². The number of anilines is 1. The second-order valence-electron chi connectivity index (χ2n) is 8.81. The van der Waals surface area contributed by atoms with E-state index in [0.29, 0.717) is 23.1 Å². The third-order valence-electron chi connectivity index (χ3n) is 5.73. The summed E-state index contributed by atoms with van der Waals surface area (Å²) in [5, 5.41) is 12.1. The number of allylic oxidation sites excluding steroid dienone is 1. The maximum absolute atomic E-state index is 13.0. The number of hydrogen-bond donors (Lipinski definition) is 1. The van der Waals surface area contributed by atoms with E-state index in [0.717, 1.165) is 28.2 Å². The first-order chi connectivity index (χ1) is 19.1. The quantitative estimate of drug-likeness (QED) is 0.153. The summed E-state index contributed by atoms with van der Waals surface area (Å²) >= 11 is 2.17. The number of ether oxygens (including phenoxy) is 3. The second kappa shape index (κ2) is 14.1. The van der Waals surface area contributed by atoms with E-state index in [4.69, 9.17) is 14.2 Å². The molecule has 0 saturated carbocycles. The van der Waals surface area contributed by atoms with E-state index < -0.39 is 18.0 Å². The van der Waals surface area contributed by atoms with E-state index in [-0.39, 0.29) is 40.3 Å². The van der Waals surface area contributed by atoms with Gasteiger partial charge in [-0.15, -0.1) is 28.1 Å². The SMILES string of the molecule is C=CCn1c(SCC(=O)Nc2sc(C(=O)OCC)c(C)c2C(=O)OCC)nnc1C(C)Oc1ccc(C)cc1C. The van der Waals surface area contributed by atoms with Crippen molar-refractivity contribution < 1.29 is 28.6 Å². The van der Waals surface area contributed by atoms with Crippen LogP contribution in [-0.2, 0) is 20.8 Å². The Morgan fingerprint density at radius 1 is 1.12 bits per heavy atom. The Labute approximate surface area is 242 Å². The van der Waals surface area contributed by atoms with Crippen LogP contribution in [-0.4, -0.2) is 51.6 Å². The minimum absolute atomic E-state index is 0.0183. The lowest BCUT2D eigenvalue weighted by Gasteiger charge is -2.17. The van der Waals surface area contributed by atoms with Crippen LogP contribution in [0.1, 0.15) is 69.4 Å². The van der Waals surface area contributed by atoms with E-state index in [1.165, 1.54) is 11.8 Å². The van der Waals surface area contributed by atoms with Crippen LogP contribution in [0.3, 0.4) is 0 Å². The summed E-state index contributed by atoms with van der Waals surface area (Å²) in [6, 6.07) is 5.97. The van der Waals surface area contributed by atoms with Crippen molar-refractivity contribution in [2.24, 2.45) is 0 Å². The number of aromatic nitrogens is 3. The fourth-order valence-electron chi connectivity index (χ4n) is 3.92. The van der Waals surface area contributed by atoms with Crippen molar-refractivity contribution in [2.45, 2.75) is 59.3 Å². The summed E-state index contributed by atoms with van der Waals surface area (Å²) in [6.07, 6.45) is 1.32. The molecule has 1 atom stereocenters. The number of rotatable bonds is 13. The molecule has 10 nitrogen and oxygen atoms in total. The molecule has 1 amide bonds. The second-order valence-corrected chi connectivity index (χ2v) is 10.8. The van der Waals surface area contributed by atoms with Crippen LogP contribution in [0.25, 0.3) is 0 Å². The normalized spacial score (nSPS) is 11.6. The van der Waals surface area contributed by atoms with Gasteiger partial charge in [-0.3, -0.25) is 9.36 Å². The highest BCUT2D eigenvalue weighted by molar-refractivity contribution is 7.99. The number of aryl methyl sites for hydroxylation is 2. The van der Waals surface area contributed by atoms with Gasteiger partial charge in [-0.25, -0.2) is 9.59 Å². The Morgan fingerprint density at radius 2 is 1.82 bits per heavy atom. The molecule has 0 aliphatic rings. The first kappa shape index (κ1) is 30.9. The number of hydrogen-bond acceptors (Lipinski definition) is 10. The molecular formula is C28H34N4O6S2. The highest BCUT2D eigenvalue weighted by atomic mass is 32.2. The first-order valence-corrected chi connectivity index (χ1v) is 14.6. The van der Waals surface area contributed by atoms with E-state index in [1.807, 2.05) is 37.5 Å². The fourth-order valence-corrected chi connectivity index (χ4v) is 5.78. The lowest BCUT2D eigenvalue weighted by molar-refractivity contribution is -0.113. The van der Waals surface area contributed by atoms with Crippen LogP contribution in [0, 0.1) is 20.8 Å². The predicted octanol–water partition coefficient (Wildman–Crippen LogP) is 5.68. The third kappa shape index (κ3) is 7.30. The Balaban J connectivity index is 1.77. The van der Waals surface area contributed by atoms with Crippen molar-refractivity contribution in [3.05, 3.63) is 63.8 Å². The Bertz CT molecular complexity index is 1400. The zero-order valence-electron chi connectivity index (χ0n) is 23.5. The topological polar surface area (TPSA) is 122 Å². The smallest absolute Gasteiger partial charge is 0.348 e. The van der Waals surface area contributed by atoms with Gasteiger partial charge in [-0.05, 0) is 58.7 Å². The number of thioether (sulfide) groups is 1. The minimum atomic E-state index is -0.622. The molecule has 2 heterocycles. The van der Waals surface area contributed by atoms with Crippen LogP contribution in [0.5, 0.6) is 5.75 Å². The molecule has 1 N–H and O–H groups in total. The number of benzene rings is 1. The van der Waals surface area contributed by atoms with Gasteiger partial charge in [0, 0.05) is 6.54 Å². The molecule has 0 saturated heterocycles. The van der Waals surface area contributed by atoms with Gasteiger partial charge in [-0.2, -0.15) is 0 Å². The molecular weight excluding hydrogens is 552 g/mol. The number of carbonyl (C=O) groups is 3. The van der Waals surface area contributed by atoms with E-state index in [1.54, 1.807) is 26.8 Å². The third-order valence-corrected chi connectivity index (χ3v) is 7.88. The van der Waals surface area contributed by atoms with E-state index in [2.05, 4.69) is 28.2 Å². The van der Waals surface area contributed by atoms with Crippen molar-refractivity contribution in [3.8, 4) is 5.75 Å². The van der Waals surface area contributed by atoms with Gasteiger partial charge in [-0.1, -0.05) is 35.5 Å². The number of amides is 1. The molecule has 0 radical (unpaired) electrons. The van der Waals surface area contributed by atoms with Gasteiger partial charge in [0.1, 0.15) is 15.6 Å². The average Bonchev–Trinajstić information content (AvgIpc) is 3.45. The number of thiophene rings is 1. The summed E-state index contributed by atoms with van der Waals surface area (Å²) < 4.78 is 18.3. The van der Waals surface area contributed by atoms with Gasteiger partial charge < -0.3 is 19.5 Å². The monoisotopic (exact) mass is 586 g/mol. The molecule has 214 valence electrons. The molecule has 0 fully saturated rings. The van der Waals surface area contributed by atoms with Crippen molar-refractivity contribution >= 4 is 45.9 Å². The lowest BCUT2D eigenvalue weighted by atomic mass is 10.1. The summed E-state index contributed by atoms with van der Waals surface area (Å²) in [5.41, 5.74) is 2.71.